The molecule has 0 unspecified atom stereocenters. The predicted molar refractivity (Wildman–Crippen MR) is 36.7 cm³/mol. The molecule has 0 amide bonds. The number of carbonyl (C=O) groups is 3. The SMILES string of the molecule is CC(=O)[O-].O=CCCCC=O. The van der Waals surface area contributed by atoms with E-state index in [0.717, 1.165) is 19.5 Å². The molecule has 0 saturated heterocycles. The number of carbonyl (C=O) groups excluding carboxylic acids is 3. The van der Waals surface area contributed by atoms with Crippen LogP contribution >= 0.6 is 0 Å². The molecule has 4 heteroatoms. The summed E-state index contributed by atoms with van der Waals surface area (Å²) in [4.78, 5) is 28.0. The van der Waals surface area contributed by atoms with Crippen molar-refractivity contribution in [3.8, 4) is 0 Å². The van der Waals surface area contributed by atoms with Gasteiger partial charge in [-0.15, -0.1) is 0 Å². The van der Waals surface area contributed by atoms with Crippen molar-refractivity contribution < 1.29 is 19.5 Å². The molecule has 0 aromatic rings. The Bertz CT molecular complexity index is 108. The lowest BCUT2D eigenvalue weighted by Gasteiger charge is -1.78. The van der Waals surface area contributed by atoms with Gasteiger partial charge in [-0.1, -0.05) is 0 Å². The molecular weight excluding hydrogens is 148 g/mol. The van der Waals surface area contributed by atoms with Crippen LogP contribution in [0.5, 0.6) is 0 Å². The van der Waals surface area contributed by atoms with E-state index in [0.29, 0.717) is 19.3 Å². The molecule has 0 fully saturated rings. The molecule has 64 valence electrons. The first-order valence-electron chi connectivity index (χ1n) is 3.20. The lowest BCUT2D eigenvalue weighted by molar-refractivity contribution is -0.302. The van der Waals surface area contributed by atoms with Crippen molar-refractivity contribution in [3.05, 3.63) is 0 Å². The lowest BCUT2D eigenvalue weighted by atomic mass is 10.3. The van der Waals surface area contributed by atoms with Crippen molar-refractivity contribution >= 4 is 18.5 Å². The predicted octanol–water partition coefficient (Wildman–Crippen LogP) is -0.689. The second kappa shape index (κ2) is 11.6. The fourth-order valence-corrected chi connectivity index (χ4v) is 0.285. The number of aliphatic carboxylic acids is 1. The van der Waals surface area contributed by atoms with Crippen LogP contribution in [0.15, 0.2) is 0 Å². The van der Waals surface area contributed by atoms with Crippen LogP contribution in [0, 0.1) is 0 Å². The third-order valence-corrected chi connectivity index (χ3v) is 0.644. The van der Waals surface area contributed by atoms with Crippen LogP contribution in [0.25, 0.3) is 0 Å². The standard InChI is InChI=1S/C5H8O2.C2H4O2/c6-4-2-1-3-5-7;1-2(3)4/h4-5H,1-3H2;1H3,(H,3,4)/p-1. The molecule has 0 aliphatic rings. The zero-order valence-electron chi connectivity index (χ0n) is 6.41. The Morgan fingerprint density at radius 3 is 1.73 bits per heavy atom. The molecule has 0 bridgehead atoms. The third kappa shape index (κ3) is 51.7. The molecule has 0 atom stereocenters. The van der Waals surface area contributed by atoms with Crippen LogP contribution in [-0.4, -0.2) is 18.5 Å². The molecule has 11 heavy (non-hydrogen) atoms. The minimum Gasteiger partial charge on any atom is -0.550 e. The normalized spacial score (nSPS) is 7.36. The zero-order chi connectivity index (χ0) is 9.11. The third-order valence-electron chi connectivity index (χ3n) is 0.644. The van der Waals surface area contributed by atoms with Gasteiger partial charge in [0.25, 0.3) is 0 Å². The van der Waals surface area contributed by atoms with Crippen LogP contribution in [0.1, 0.15) is 26.2 Å². The van der Waals surface area contributed by atoms with Crippen molar-refractivity contribution in [2.24, 2.45) is 0 Å². The molecule has 0 aliphatic heterocycles. The second-order valence-electron chi connectivity index (χ2n) is 1.76. The maximum atomic E-state index is 9.56. The summed E-state index contributed by atoms with van der Waals surface area (Å²) in [5.74, 6) is -1.08. The van der Waals surface area contributed by atoms with Crippen molar-refractivity contribution in [1.82, 2.24) is 0 Å². The number of carboxylic acids is 1. The monoisotopic (exact) mass is 159 g/mol. The van der Waals surface area contributed by atoms with Gasteiger partial charge in [-0.2, -0.15) is 0 Å². The molecule has 0 heterocycles. The minimum atomic E-state index is -1.08. The summed E-state index contributed by atoms with van der Waals surface area (Å²) in [7, 11) is 0. The van der Waals surface area contributed by atoms with E-state index in [2.05, 4.69) is 0 Å². The number of carboxylic acid groups (broad SMARTS) is 1. The fraction of sp³-hybridized carbons (Fsp3) is 0.571. The second-order valence-corrected chi connectivity index (χ2v) is 1.76. The number of rotatable bonds is 4. The Balaban J connectivity index is 0. The number of hydrogen-bond acceptors (Lipinski definition) is 4. The Hall–Kier alpha value is -1.19. The van der Waals surface area contributed by atoms with Gasteiger partial charge >= 0.3 is 0 Å². The summed E-state index contributed by atoms with van der Waals surface area (Å²) < 4.78 is 0. The highest BCUT2D eigenvalue weighted by molar-refractivity contribution is 5.60. The topological polar surface area (TPSA) is 74.3 Å². The van der Waals surface area contributed by atoms with Crippen molar-refractivity contribution in [3.63, 3.8) is 0 Å². The van der Waals surface area contributed by atoms with Crippen LogP contribution < -0.4 is 5.11 Å². The van der Waals surface area contributed by atoms with E-state index in [1.165, 1.54) is 0 Å². The van der Waals surface area contributed by atoms with Crippen molar-refractivity contribution in [2.45, 2.75) is 26.2 Å². The van der Waals surface area contributed by atoms with Crippen molar-refractivity contribution in [1.29, 1.82) is 0 Å². The summed E-state index contributed by atoms with van der Waals surface area (Å²) in [5.41, 5.74) is 0. The van der Waals surface area contributed by atoms with Gasteiger partial charge in [0, 0.05) is 18.8 Å². The van der Waals surface area contributed by atoms with E-state index < -0.39 is 5.97 Å². The smallest absolute Gasteiger partial charge is 0.120 e. The average molecular weight is 159 g/mol. The van der Waals surface area contributed by atoms with Gasteiger partial charge in [-0.3, -0.25) is 0 Å². The first-order valence-corrected chi connectivity index (χ1v) is 3.20. The fourth-order valence-electron chi connectivity index (χ4n) is 0.285. The van der Waals surface area contributed by atoms with E-state index in [1.54, 1.807) is 0 Å². The van der Waals surface area contributed by atoms with E-state index in [9.17, 15) is 9.59 Å². The molecular formula is C7H11O4-. The highest BCUT2D eigenvalue weighted by Gasteiger charge is 1.80. The summed E-state index contributed by atoms with van der Waals surface area (Å²) in [5, 5.41) is 8.89. The lowest BCUT2D eigenvalue weighted by Crippen LogP contribution is -2.16. The molecule has 0 saturated carbocycles. The van der Waals surface area contributed by atoms with Gasteiger partial charge in [0.2, 0.25) is 0 Å². The Kier molecular flexibility index (Phi) is 13.1. The number of aldehydes is 2. The molecule has 0 radical (unpaired) electrons. The minimum absolute atomic E-state index is 0.513. The van der Waals surface area contributed by atoms with Crippen LogP contribution in [0.3, 0.4) is 0 Å². The maximum absolute atomic E-state index is 9.56. The number of hydrogen-bond donors (Lipinski definition) is 0. The molecule has 0 spiro atoms. The Labute approximate surface area is 65.2 Å². The van der Waals surface area contributed by atoms with Crippen LogP contribution in [-0.2, 0) is 14.4 Å². The molecule has 0 rings (SSSR count). The summed E-state index contributed by atoms with van der Waals surface area (Å²) >= 11 is 0. The molecule has 0 N–H and O–H groups in total. The summed E-state index contributed by atoms with van der Waals surface area (Å²) in [6, 6.07) is 0. The number of unbranched alkanes of at least 4 members (excludes halogenated alkanes) is 2. The molecule has 0 aromatic carbocycles. The zero-order valence-corrected chi connectivity index (χ0v) is 6.41. The first-order chi connectivity index (χ1) is 5.15. The van der Waals surface area contributed by atoms with Crippen LogP contribution in [0.2, 0.25) is 0 Å². The quantitative estimate of drug-likeness (QED) is 0.402. The van der Waals surface area contributed by atoms with Gasteiger partial charge in [0.15, 0.2) is 0 Å². The summed E-state index contributed by atoms with van der Waals surface area (Å²) in [6.07, 6.45) is 3.37. The highest BCUT2D eigenvalue weighted by Crippen LogP contribution is 1.85. The Morgan fingerprint density at radius 1 is 1.27 bits per heavy atom. The molecule has 4 nitrogen and oxygen atoms in total. The summed E-state index contributed by atoms with van der Waals surface area (Å²) in [6.45, 7) is 0.972. The largest absolute Gasteiger partial charge is 0.550 e. The maximum Gasteiger partial charge on any atom is 0.120 e. The van der Waals surface area contributed by atoms with Crippen molar-refractivity contribution in [2.75, 3.05) is 0 Å². The van der Waals surface area contributed by atoms with Gasteiger partial charge in [-0.05, 0) is 13.3 Å². The highest BCUT2D eigenvalue weighted by atomic mass is 16.4. The first kappa shape index (κ1) is 12.5. The van der Waals surface area contributed by atoms with E-state index in [4.69, 9.17) is 9.90 Å². The Morgan fingerprint density at radius 2 is 1.55 bits per heavy atom. The van der Waals surface area contributed by atoms with Crippen LogP contribution in [0.4, 0.5) is 0 Å². The molecule has 0 aromatic heterocycles. The van der Waals surface area contributed by atoms with E-state index in [1.807, 2.05) is 0 Å². The van der Waals surface area contributed by atoms with Gasteiger partial charge < -0.3 is 19.5 Å². The van der Waals surface area contributed by atoms with Gasteiger partial charge in [0.1, 0.15) is 12.6 Å². The average Bonchev–Trinajstić information content (AvgIpc) is 1.88. The van der Waals surface area contributed by atoms with Gasteiger partial charge in [0.05, 0.1) is 0 Å². The molecule has 0 aliphatic carbocycles. The van der Waals surface area contributed by atoms with E-state index in [-0.39, 0.29) is 0 Å². The van der Waals surface area contributed by atoms with Gasteiger partial charge in [-0.25, -0.2) is 0 Å². The van der Waals surface area contributed by atoms with E-state index >= 15 is 0 Å².